The van der Waals surface area contributed by atoms with Crippen LogP contribution in [0.25, 0.3) is 0 Å². The molecule has 1 aliphatic rings. The molecule has 0 bridgehead atoms. The van der Waals surface area contributed by atoms with E-state index in [4.69, 9.17) is 4.42 Å². The monoisotopic (exact) mass is 356 g/mol. The molecule has 0 spiro atoms. The van der Waals surface area contributed by atoms with Gasteiger partial charge in [0.05, 0.1) is 23.1 Å². The maximum absolute atomic E-state index is 12.9. The van der Waals surface area contributed by atoms with Gasteiger partial charge in [-0.15, -0.1) is 0 Å². The van der Waals surface area contributed by atoms with Crippen molar-refractivity contribution in [1.82, 2.24) is 10.2 Å². The molecule has 0 saturated carbocycles. The number of nitrogens with one attached hydrogen (secondary N) is 1. The molecule has 0 aromatic carbocycles. The first-order valence-electron chi connectivity index (χ1n) is 7.97. The van der Waals surface area contributed by atoms with Crippen molar-refractivity contribution in [2.45, 2.75) is 39.2 Å². The predicted octanol–water partition coefficient (Wildman–Crippen LogP) is 1.09. The van der Waals surface area contributed by atoms with E-state index in [9.17, 15) is 18.0 Å². The highest BCUT2D eigenvalue weighted by atomic mass is 32.2. The summed E-state index contributed by atoms with van der Waals surface area (Å²) in [5.74, 6) is 0.512. The van der Waals surface area contributed by atoms with Crippen LogP contribution in [-0.4, -0.2) is 56.3 Å². The Kier molecular flexibility index (Phi) is 5.37. The van der Waals surface area contributed by atoms with Crippen LogP contribution in [0.1, 0.15) is 48.1 Å². The maximum Gasteiger partial charge on any atom is 0.257 e. The highest BCUT2D eigenvalue weighted by molar-refractivity contribution is 7.91. The van der Waals surface area contributed by atoms with Crippen LogP contribution < -0.4 is 5.32 Å². The molecule has 1 atom stereocenters. The Bertz CT molecular complexity index is 736. The van der Waals surface area contributed by atoms with E-state index in [0.29, 0.717) is 17.1 Å². The number of amides is 2. The van der Waals surface area contributed by atoms with E-state index in [1.54, 1.807) is 13.0 Å². The molecule has 1 unspecified atom stereocenters. The zero-order valence-electron chi connectivity index (χ0n) is 14.5. The third-order valence-electron chi connectivity index (χ3n) is 4.23. The lowest BCUT2D eigenvalue weighted by Crippen LogP contribution is -2.52. The highest BCUT2D eigenvalue weighted by Gasteiger charge is 2.36. The molecule has 2 heterocycles. The van der Waals surface area contributed by atoms with E-state index in [0.717, 1.165) is 0 Å². The first kappa shape index (κ1) is 18.5. The number of hydrogen-bond donors (Lipinski definition) is 1. The van der Waals surface area contributed by atoms with Crippen LogP contribution in [-0.2, 0) is 14.6 Å². The van der Waals surface area contributed by atoms with Crippen LogP contribution >= 0.6 is 0 Å². The van der Waals surface area contributed by atoms with Gasteiger partial charge in [-0.25, -0.2) is 8.42 Å². The van der Waals surface area contributed by atoms with Crippen LogP contribution in [0.15, 0.2) is 10.5 Å². The average Bonchev–Trinajstić information content (AvgIpc) is 2.88. The number of hydrogen-bond acceptors (Lipinski definition) is 5. The van der Waals surface area contributed by atoms with Crippen LogP contribution in [0.3, 0.4) is 0 Å². The van der Waals surface area contributed by atoms with Gasteiger partial charge in [0.25, 0.3) is 5.91 Å². The molecule has 8 heteroatoms. The standard InChI is InChI=1S/C16H24N2O5S/c1-10(2)14-8-13(11(3)23-14)16(20)18-5-6-24(21,22)9-12(18)7-15(19)17-4/h8,10,12H,5-7,9H2,1-4H3,(H,17,19). The molecule has 0 aliphatic carbocycles. The van der Waals surface area contributed by atoms with Gasteiger partial charge in [0.1, 0.15) is 11.5 Å². The Morgan fingerprint density at radius 2 is 2.08 bits per heavy atom. The van der Waals surface area contributed by atoms with Crippen LogP contribution in [0, 0.1) is 6.92 Å². The first-order valence-corrected chi connectivity index (χ1v) is 9.79. The van der Waals surface area contributed by atoms with Gasteiger partial charge in [-0.3, -0.25) is 9.59 Å². The molecular formula is C16H24N2O5S. The number of aryl methyl sites for hydroxylation is 1. The number of carbonyl (C=O) groups excluding carboxylic acids is 2. The minimum absolute atomic E-state index is 0.0323. The summed E-state index contributed by atoms with van der Waals surface area (Å²) < 4.78 is 29.4. The third-order valence-corrected chi connectivity index (χ3v) is 5.92. The minimum atomic E-state index is -3.25. The van der Waals surface area contributed by atoms with E-state index < -0.39 is 15.9 Å². The Morgan fingerprint density at radius 3 is 2.62 bits per heavy atom. The first-order chi connectivity index (χ1) is 11.1. The summed E-state index contributed by atoms with van der Waals surface area (Å²) in [5.41, 5.74) is 0.430. The fourth-order valence-electron chi connectivity index (χ4n) is 2.80. The lowest BCUT2D eigenvalue weighted by molar-refractivity contribution is -0.121. The second-order valence-electron chi connectivity index (χ2n) is 6.42. The van der Waals surface area contributed by atoms with Gasteiger partial charge in [-0.05, 0) is 13.0 Å². The molecule has 134 valence electrons. The quantitative estimate of drug-likeness (QED) is 0.871. The van der Waals surface area contributed by atoms with E-state index in [1.807, 2.05) is 13.8 Å². The fraction of sp³-hybridized carbons (Fsp3) is 0.625. The number of carbonyl (C=O) groups is 2. The normalized spacial score (nSPS) is 20.2. The topological polar surface area (TPSA) is 96.7 Å². The van der Waals surface area contributed by atoms with E-state index in [1.165, 1.54) is 11.9 Å². The smallest absolute Gasteiger partial charge is 0.257 e. The molecule has 7 nitrogen and oxygen atoms in total. The molecule has 0 radical (unpaired) electrons. The van der Waals surface area contributed by atoms with Crippen molar-refractivity contribution in [2.75, 3.05) is 25.1 Å². The third kappa shape index (κ3) is 3.98. The van der Waals surface area contributed by atoms with Crippen molar-refractivity contribution in [3.63, 3.8) is 0 Å². The molecule has 1 saturated heterocycles. The Hall–Kier alpha value is -1.83. The fourth-order valence-corrected chi connectivity index (χ4v) is 4.32. The average molecular weight is 356 g/mol. The summed E-state index contributed by atoms with van der Waals surface area (Å²) in [4.78, 5) is 26.1. The summed E-state index contributed by atoms with van der Waals surface area (Å²) in [5, 5.41) is 2.48. The lowest BCUT2D eigenvalue weighted by atomic mass is 10.1. The molecule has 1 N–H and O–H groups in total. The zero-order valence-corrected chi connectivity index (χ0v) is 15.3. The Labute approximate surface area is 142 Å². The summed E-state index contributed by atoms with van der Waals surface area (Å²) in [6.07, 6.45) is -0.0323. The van der Waals surface area contributed by atoms with Crippen molar-refractivity contribution in [2.24, 2.45) is 0 Å². The van der Waals surface area contributed by atoms with Crippen LogP contribution in [0.2, 0.25) is 0 Å². The van der Waals surface area contributed by atoms with Gasteiger partial charge in [0.2, 0.25) is 5.91 Å². The minimum Gasteiger partial charge on any atom is -0.465 e. The van der Waals surface area contributed by atoms with Crippen LogP contribution in [0.4, 0.5) is 0 Å². The van der Waals surface area contributed by atoms with Crippen molar-refractivity contribution in [3.05, 3.63) is 23.2 Å². The van der Waals surface area contributed by atoms with Crippen molar-refractivity contribution in [3.8, 4) is 0 Å². The van der Waals surface area contributed by atoms with Gasteiger partial charge in [0.15, 0.2) is 9.84 Å². The largest absolute Gasteiger partial charge is 0.465 e. The molecule has 2 amide bonds. The van der Waals surface area contributed by atoms with Gasteiger partial charge >= 0.3 is 0 Å². The Balaban J connectivity index is 2.29. The maximum atomic E-state index is 12.9. The molecule has 1 aliphatic heterocycles. The van der Waals surface area contributed by atoms with Gasteiger partial charge in [-0.1, -0.05) is 13.8 Å². The van der Waals surface area contributed by atoms with E-state index in [-0.39, 0.29) is 42.2 Å². The second kappa shape index (κ2) is 6.96. The summed E-state index contributed by atoms with van der Waals surface area (Å²) in [7, 11) is -1.76. The molecule has 2 rings (SSSR count). The Morgan fingerprint density at radius 1 is 1.42 bits per heavy atom. The second-order valence-corrected chi connectivity index (χ2v) is 8.65. The number of rotatable bonds is 4. The summed E-state index contributed by atoms with van der Waals surface area (Å²) in [6.45, 7) is 5.74. The van der Waals surface area contributed by atoms with E-state index in [2.05, 4.69) is 5.32 Å². The van der Waals surface area contributed by atoms with E-state index >= 15 is 0 Å². The predicted molar refractivity (Wildman–Crippen MR) is 89.7 cm³/mol. The van der Waals surface area contributed by atoms with Crippen molar-refractivity contribution >= 4 is 21.7 Å². The zero-order chi connectivity index (χ0) is 18.1. The number of nitrogens with zero attached hydrogens (tertiary/aromatic N) is 1. The van der Waals surface area contributed by atoms with Crippen molar-refractivity contribution < 1.29 is 22.4 Å². The van der Waals surface area contributed by atoms with Crippen LogP contribution in [0.5, 0.6) is 0 Å². The SMILES string of the molecule is CNC(=O)CC1CS(=O)(=O)CCN1C(=O)c1cc(C(C)C)oc1C. The number of sulfone groups is 1. The lowest BCUT2D eigenvalue weighted by Gasteiger charge is -2.35. The van der Waals surface area contributed by atoms with Gasteiger partial charge in [-0.2, -0.15) is 0 Å². The van der Waals surface area contributed by atoms with Gasteiger partial charge < -0.3 is 14.6 Å². The summed E-state index contributed by atoms with van der Waals surface area (Å²) >= 11 is 0. The molecular weight excluding hydrogens is 332 g/mol. The molecule has 1 aromatic rings. The molecule has 24 heavy (non-hydrogen) atoms. The van der Waals surface area contributed by atoms with Gasteiger partial charge in [0, 0.05) is 25.9 Å². The molecule has 1 fully saturated rings. The summed E-state index contributed by atoms with van der Waals surface area (Å²) in [6, 6.07) is 1.05. The molecule has 1 aromatic heterocycles. The van der Waals surface area contributed by atoms with Crippen molar-refractivity contribution in [1.29, 1.82) is 0 Å². The number of furan rings is 1. The highest BCUT2D eigenvalue weighted by Crippen LogP contribution is 2.25.